The maximum atomic E-state index is 12.0. The Morgan fingerprint density at radius 3 is 2.76 bits per heavy atom. The standard InChI is InChI=1S/C17H22O3S/c1-3-20-17(18)15-6-4-5-7-16(15)21-12-13-8-10-14(19-2)11-9-13/h6,8-11,16H,3-5,7,12H2,1-2H3. The van der Waals surface area contributed by atoms with Crippen LogP contribution >= 0.6 is 11.8 Å². The molecule has 0 spiro atoms. The SMILES string of the molecule is CCOC(=O)C1=CCCCC1SCc1ccc(OC)cc1. The van der Waals surface area contributed by atoms with Crippen molar-refractivity contribution in [1.82, 2.24) is 0 Å². The third kappa shape index (κ3) is 4.53. The van der Waals surface area contributed by atoms with Crippen molar-refractivity contribution in [2.24, 2.45) is 0 Å². The molecular weight excluding hydrogens is 284 g/mol. The summed E-state index contributed by atoms with van der Waals surface area (Å²) in [6.07, 6.45) is 5.22. The van der Waals surface area contributed by atoms with E-state index in [2.05, 4.69) is 12.1 Å². The van der Waals surface area contributed by atoms with E-state index in [1.165, 1.54) is 5.56 Å². The van der Waals surface area contributed by atoms with Crippen LogP contribution in [0.25, 0.3) is 0 Å². The molecular formula is C17H22O3S. The van der Waals surface area contributed by atoms with Crippen molar-refractivity contribution in [3.63, 3.8) is 0 Å². The zero-order chi connectivity index (χ0) is 15.1. The second kappa shape index (κ2) is 8.13. The first-order chi connectivity index (χ1) is 10.2. The Labute approximate surface area is 130 Å². The summed E-state index contributed by atoms with van der Waals surface area (Å²) in [5, 5.41) is 0.250. The minimum Gasteiger partial charge on any atom is -0.497 e. The minimum absolute atomic E-state index is 0.149. The maximum absolute atomic E-state index is 12.0. The molecule has 0 radical (unpaired) electrons. The van der Waals surface area contributed by atoms with Gasteiger partial charge in [0.25, 0.3) is 0 Å². The lowest BCUT2D eigenvalue weighted by atomic mass is 9.99. The van der Waals surface area contributed by atoms with Crippen LogP contribution in [0.5, 0.6) is 5.75 Å². The van der Waals surface area contributed by atoms with E-state index in [1.807, 2.05) is 36.9 Å². The maximum Gasteiger partial charge on any atom is 0.334 e. The fourth-order valence-electron chi connectivity index (χ4n) is 2.37. The van der Waals surface area contributed by atoms with Crippen LogP contribution in [0.3, 0.4) is 0 Å². The monoisotopic (exact) mass is 306 g/mol. The molecule has 0 aliphatic heterocycles. The highest BCUT2D eigenvalue weighted by Gasteiger charge is 2.24. The molecule has 3 nitrogen and oxygen atoms in total. The summed E-state index contributed by atoms with van der Waals surface area (Å²) in [6.45, 7) is 2.28. The van der Waals surface area contributed by atoms with Gasteiger partial charge >= 0.3 is 5.97 Å². The van der Waals surface area contributed by atoms with Gasteiger partial charge < -0.3 is 9.47 Å². The minimum atomic E-state index is -0.149. The lowest BCUT2D eigenvalue weighted by Crippen LogP contribution is -2.20. The Kier molecular flexibility index (Phi) is 6.18. The van der Waals surface area contributed by atoms with E-state index >= 15 is 0 Å². The van der Waals surface area contributed by atoms with Crippen LogP contribution in [0, 0.1) is 0 Å². The van der Waals surface area contributed by atoms with E-state index < -0.39 is 0 Å². The van der Waals surface area contributed by atoms with Gasteiger partial charge in [0.1, 0.15) is 5.75 Å². The van der Waals surface area contributed by atoms with Gasteiger partial charge in [0.2, 0.25) is 0 Å². The van der Waals surface area contributed by atoms with Gasteiger partial charge in [-0.25, -0.2) is 4.79 Å². The summed E-state index contributed by atoms with van der Waals surface area (Å²) in [5.41, 5.74) is 2.09. The number of methoxy groups -OCH3 is 1. The zero-order valence-electron chi connectivity index (χ0n) is 12.6. The van der Waals surface area contributed by atoms with Crippen molar-refractivity contribution in [2.45, 2.75) is 37.2 Å². The van der Waals surface area contributed by atoms with Crippen molar-refractivity contribution < 1.29 is 14.3 Å². The van der Waals surface area contributed by atoms with Crippen molar-refractivity contribution in [3.05, 3.63) is 41.5 Å². The predicted octanol–water partition coefficient (Wildman–Crippen LogP) is 3.97. The fraction of sp³-hybridized carbons (Fsp3) is 0.471. The van der Waals surface area contributed by atoms with Crippen LogP contribution in [0.2, 0.25) is 0 Å². The molecule has 0 N–H and O–H groups in total. The second-order valence-electron chi connectivity index (χ2n) is 4.96. The van der Waals surface area contributed by atoms with E-state index in [9.17, 15) is 4.79 Å². The Morgan fingerprint density at radius 1 is 1.33 bits per heavy atom. The highest BCUT2D eigenvalue weighted by atomic mass is 32.2. The number of hydrogen-bond donors (Lipinski definition) is 0. The molecule has 4 heteroatoms. The molecule has 0 saturated carbocycles. The van der Waals surface area contributed by atoms with E-state index in [0.717, 1.165) is 36.3 Å². The van der Waals surface area contributed by atoms with Gasteiger partial charge in [-0.1, -0.05) is 18.2 Å². The molecule has 1 unspecified atom stereocenters. The smallest absolute Gasteiger partial charge is 0.334 e. The average molecular weight is 306 g/mol. The lowest BCUT2D eigenvalue weighted by molar-refractivity contribution is -0.138. The summed E-state index contributed by atoms with van der Waals surface area (Å²) in [7, 11) is 1.67. The molecule has 0 amide bonds. The predicted molar refractivity (Wildman–Crippen MR) is 86.6 cm³/mol. The van der Waals surface area contributed by atoms with Crippen LogP contribution in [-0.4, -0.2) is 24.9 Å². The number of carbonyl (C=O) groups is 1. The molecule has 1 aromatic carbocycles. The first-order valence-corrected chi connectivity index (χ1v) is 8.41. The summed E-state index contributed by atoms with van der Waals surface area (Å²) in [4.78, 5) is 12.0. The quantitative estimate of drug-likeness (QED) is 0.745. The fourth-order valence-corrected chi connectivity index (χ4v) is 3.66. The van der Waals surface area contributed by atoms with Gasteiger partial charge in [0.15, 0.2) is 0 Å². The van der Waals surface area contributed by atoms with E-state index in [0.29, 0.717) is 6.61 Å². The molecule has 21 heavy (non-hydrogen) atoms. The van der Waals surface area contributed by atoms with Gasteiger partial charge in [-0.2, -0.15) is 0 Å². The molecule has 1 aromatic rings. The first kappa shape index (κ1) is 16.0. The number of allylic oxidation sites excluding steroid dienone is 1. The van der Waals surface area contributed by atoms with Gasteiger partial charge in [0, 0.05) is 16.6 Å². The van der Waals surface area contributed by atoms with Gasteiger partial charge in [-0.05, 0) is 43.9 Å². The van der Waals surface area contributed by atoms with Crippen LogP contribution in [0.4, 0.5) is 0 Å². The molecule has 1 atom stereocenters. The van der Waals surface area contributed by atoms with E-state index in [1.54, 1.807) is 7.11 Å². The second-order valence-corrected chi connectivity index (χ2v) is 6.15. The van der Waals surface area contributed by atoms with Crippen LogP contribution in [0.1, 0.15) is 31.7 Å². The molecule has 0 aromatic heterocycles. The largest absolute Gasteiger partial charge is 0.497 e. The van der Waals surface area contributed by atoms with Crippen molar-refractivity contribution >= 4 is 17.7 Å². The molecule has 0 saturated heterocycles. The molecule has 0 heterocycles. The van der Waals surface area contributed by atoms with Gasteiger partial charge in [0.05, 0.1) is 13.7 Å². The Morgan fingerprint density at radius 2 is 2.10 bits per heavy atom. The van der Waals surface area contributed by atoms with Crippen molar-refractivity contribution in [1.29, 1.82) is 0 Å². The van der Waals surface area contributed by atoms with E-state index in [4.69, 9.17) is 9.47 Å². The van der Waals surface area contributed by atoms with Crippen LogP contribution in [-0.2, 0) is 15.3 Å². The Hall–Kier alpha value is -1.42. The zero-order valence-corrected chi connectivity index (χ0v) is 13.4. The molecule has 114 valence electrons. The van der Waals surface area contributed by atoms with Crippen LogP contribution < -0.4 is 4.74 Å². The molecule has 0 bridgehead atoms. The summed E-state index contributed by atoms with van der Waals surface area (Å²) in [6, 6.07) is 8.09. The average Bonchev–Trinajstić information content (AvgIpc) is 2.54. The lowest BCUT2D eigenvalue weighted by Gasteiger charge is -2.22. The van der Waals surface area contributed by atoms with E-state index in [-0.39, 0.29) is 11.2 Å². The van der Waals surface area contributed by atoms with Crippen molar-refractivity contribution in [3.8, 4) is 5.75 Å². The number of rotatable bonds is 6. The third-order valence-corrected chi connectivity index (χ3v) is 4.89. The number of hydrogen-bond acceptors (Lipinski definition) is 4. The highest BCUT2D eigenvalue weighted by Crippen LogP contribution is 2.32. The molecule has 1 aliphatic rings. The highest BCUT2D eigenvalue weighted by molar-refractivity contribution is 7.99. The van der Waals surface area contributed by atoms with Crippen molar-refractivity contribution in [2.75, 3.05) is 13.7 Å². The molecule has 0 fully saturated rings. The summed E-state index contributed by atoms with van der Waals surface area (Å²) >= 11 is 1.82. The number of ether oxygens (including phenoxy) is 2. The normalized spacial score (nSPS) is 18.0. The van der Waals surface area contributed by atoms with Gasteiger partial charge in [-0.3, -0.25) is 0 Å². The van der Waals surface area contributed by atoms with Crippen LogP contribution in [0.15, 0.2) is 35.9 Å². The Balaban J connectivity index is 1.95. The summed E-state index contributed by atoms with van der Waals surface area (Å²) < 4.78 is 10.3. The number of carbonyl (C=O) groups excluding carboxylic acids is 1. The number of esters is 1. The molecule has 1 aliphatic carbocycles. The number of benzene rings is 1. The summed E-state index contributed by atoms with van der Waals surface area (Å²) in [5.74, 6) is 1.61. The first-order valence-electron chi connectivity index (χ1n) is 7.36. The third-order valence-electron chi connectivity index (χ3n) is 3.50. The topological polar surface area (TPSA) is 35.5 Å². The Bertz CT molecular complexity index is 493. The number of thioether (sulfide) groups is 1. The molecule has 2 rings (SSSR count). The van der Waals surface area contributed by atoms with Gasteiger partial charge in [-0.15, -0.1) is 11.8 Å².